The topological polar surface area (TPSA) is 69.2 Å². The maximum atomic E-state index is 11.9. The quantitative estimate of drug-likeness (QED) is 0.569. The lowest BCUT2D eigenvalue weighted by atomic mass is 9.98. The Morgan fingerprint density at radius 3 is 2.48 bits per heavy atom. The molecule has 0 aromatic heterocycles. The van der Waals surface area contributed by atoms with E-state index in [2.05, 4.69) is 24.4 Å². The molecule has 0 radical (unpaired) electrons. The van der Waals surface area contributed by atoms with Crippen molar-refractivity contribution in [2.75, 3.05) is 20.8 Å². The van der Waals surface area contributed by atoms with Crippen LogP contribution in [0.1, 0.15) is 36.5 Å². The molecule has 0 fully saturated rings. The maximum Gasteiger partial charge on any atom is 0.277 e. The van der Waals surface area contributed by atoms with Crippen molar-refractivity contribution in [1.29, 1.82) is 0 Å². The first-order valence-corrected chi connectivity index (χ1v) is 8.72. The molecule has 0 heterocycles. The van der Waals surface area contributed by atoms with Gasteiger partial charge in [-0.05, 0) is 48.2 Å². The number of nitrogens with zero attached hydrogens (tertiary/aromatic N) is 1. The molecule has 0 aliphatic heterocycles. The molecule has 144 valence electrons. The molecule has 1 N–H and O–H groups in total. The predicted octanol–water partition coefficient (Wildman–Crippen LogP) is 3.66. The van der Waals surface area contributed by atoms with Gasteiger partial charge in [0.15, 0.2) is 6.61 Å². The lowest BCUT2D eigenvalue weighted by molar-refractivity contribution is -0.123. The summed E-state index contributed by atoms with van der Waals surface area (Å²) in [5.41, 5.74) is 5.58. The zero-order valence-electron chi connectivity index (χ0n) is 16.4. The summed E-state index contributed by atoms with van der Waals surface area (Å²) in [7, 11) is 3.14. The first-order valence-electron chi connectivity index (χ1n) is 8.72. The van der Waals surface area contributed by atoms with Gasteiger partial charge in [0, 0.05) is 11.6 Å². The number of ether oxygens (including phenoxy) is 3. The monoisotopic (exact) mass is 370 g/mol. The van der Waals surface area contributed by atoms with Gasteiger partial charge < -0.3 is 14.2 Å². The highest BCUT2D eigenvalue weighted by Crippen LogP contribution is 2.24. The Morgan fingerprint density at radius 2 is 1.85 bits per heavy atom. The van der Waals surface area contributed by atoms with Crippen LogP contribution in [0.15, 0.2) is 41.5 Å². The van der Waals surface area contributed by atoms with Crippen molar-refractivity contribution in [3.05, 3.63) is 53.1 Å². The zero-order chi connectivity index (χ0) is 19.8. The molecule has 1 amide bonds. The summed E-state index contributed by atoms with van der Waals surface area (Å²) in [5.74, 6) is 2.05. The minimum absolute atomic E-state index is 0.114. The number of benzene rings is 2. The Bertz CT molecular complexity index is 816. The molecule has 0 saturated carbocycles. The fraction of sp³-hybridized carbons (Fsp3) is 0.333. The fourth-order valence-corrected chi connectivity index (χ4v) is 2.67. The van der Waals surface area contributed by atoms with Gasteiger partial charge in [0.05, 0.1) is 20.4 Å². The van der Waals surface area contributed by atoms with E-state index in [4.69, 9.17) is 14.2 Å². The Kier molecular flexibility index (Phi) is 7.23. The van der Waals surface area contributed by atoms with Gasteiger partial charge >= 0.3 is 0 Å². The second-order valence-electron chi connectivity index (χ2n) is 6.36. The number of carbonyl (C=O) groups excluding carboxylic acids is 1. The first-order chi connectivity index (χ1) is 12.9. The van der Waals surface area contributed by atoms with Crippen LogP contribution in [0.2, 0.25) is 0 Å². The summed E-state index contributed by atoms with van der Waals surface area (Å²) >= 11 is 0. The minimum Gasteiger partial charge on any atom is -0.497 e. The van der Waals surface area contributed by atoms with Crippen molar-refractivity contribution in [3.63, 3.8) is 0 Å². The smallest absolute Gasteiger partial charge is 0.277 e. The molecule has 0 spiro atoms. The van der Waals surface area contributed by atoms with E-state index >= 15 is 0 Å². The number of amides is 1. The number of hydrazone groups is 1. The first kappa shape index (κ1) is 20.3. The van der Waals surface area contributed by atoms with Gasteiger partial charge in [-0.2, -0.15) is 5.10 Å². The average Bonchev–Trinajstić information content (AvgIpc) is 2.66. The molecule has 0 bridgehead atoms. The number of methoxy groups -OCH3 is 2. The number of hydrogen-bond acceptors (Lipinski definition) is 5. The van der Waals surface area contributed by atoms with Crippen molar-refractivity contribution in [2.45, 2.75) is 26.7 Å². The average molecular weight is 370 g/mol. The summed E-state index contributed by atoms with van der Waals surface area (Å²) in [6.07, 6.45) is 1.51. The van der Waals surface area contributed by atoms with Gasteiger partial charge in [-0.3, -0.25) is 4.79 Å². The summed E-state index contributed by atoms with van der Waals surface area (Å²) in [4.78, 5) is 11.9. The molecule has 0 aliphatic carbocycles. The molecule has 2 aromatic rings. The third kappa shape index (κ3) is 5.74. The van der Waals surface area contributed by atoms with Crippen molar-refractivity contribution < 1.29 is 19.0 Å². The molecule has 27 heavy (non-hydrogen) atoms. The van der Waals surface area contributed by atoms with Gasteiger partial charge in [-0.1, -0.05) is 19.9 Å². The van der Waals surface area contributed by atoms with Gasteiger partial charge in [-0.25, -0.2) is 5.43 Å². The summed E-state index contributed by atoms with van der Waals surface area (Å²) in [6.45, 7) is 6.21. The molecule has 2 rings (SSSR count). The van der Waals surface area contributed by atoms with Crippen LogP contribution < -0.4 is 19.6 Å². The van der Waals surface area contributed by atoms with Crippen LogP contribution in [0, 0.1) is 6.92 Å². The summed E-state index contributed by atoms with van der Waals surface area (Å²) in [5, 5.41) is 3.95. The van der Waals surface area contributed by atoms with E-state index < -0.39 is 0 Å². The third-order valence-corrected chi connectivity index (χ3v) is 4.07. The SMILES string of the molecule is COc1ccc(/C=N/NC(=O)COc2ccc(C(C)C)c(C)c2)c(OC)c1. The number of rotatable bonds is 8. The zero-order valence-corrected chi connectivity index (χ0v) is 16.4. The van der Waals surface area contributed by atoms with Gasteiger partial charge in [0.2, 0.25) is 0 Å². The lowest BCUT2D eigenvalue weighted by Gasteiger charge is -2.12. The molecular weight excluding hydrogens is 344 g/mol. The maximum absolute atomic E-state index is 11.9. The molecule has 0 unspecified atom stereocenters. The van der Waals surface area contributed by atoms with Crippen LogP contribution in [-0.2, 0) is 4.79 Å². The summed E-state index contributed by atoms with van der Waals surface area (Å²) in [6, 6.07) is 11.2. The van der Waals surface area contributed by atoms with Crippen LogP contribution in [-0.4, -0.2) is 32.9 Å². The van der Waals surface area contributed by atoms with Crippen molar-refractivity contribution in [2.24, 2.45) is 5.10 Å². The highest BCUT2D eigenvalue weighted by Gasteiger charge is 2.07. The molecule has 6 heteroatoms. The predicted molar refractivity (Wildman–Crippen MR) is 106 cm³/mol. The number of aryl methyl sites for hydroxylation is 1. The van der Waals surface area contributed by atoms with Crippen LogP contribution in [0.25, 0.3) is 0 Å². The van der Waals surface area contributed by atoms with Gasteiger partial charge in [0.1, 0.15) is 17.2 Å². The number of nitrogens with one attached hydrogen (secondary N) is 1. The second-order valence-corrected chi connectivity index (χ2v) is 6.36. The standard InChI is InChI=1S/C21H26N2O4/c1-14(2)19-9-8-18(10-15(19)3)27-13-21(24)23-22-12-16-6-7-17(25-4)11-20(16)26-5/h6-12,14H,13H2,1-5H3,(H,23,24)/b22-12+. The van der Waals surface area contributed by atoms with E-state index in [0.717, 1.165) is 11.1 Å². The Morgan fingerprint density at radius 1 is 1.11 bits per heavy atom. The van der Waals surface area contributed by atoms with Crippen LogP contribution in [0.5, 0.6) is 17.2 Å². The summed E-state index contributed by atoms with van der Waals surface area (Å²) < 4.78 is 16.0. The third-order valence-electron chi connectivity index (χ3n) is 4.07. The van der Waals surface area contributed by atoms with E-state index in [1.54, 1.807) is 32.4 Å². The molecule has 0 saturated heterocycles. The van der Waals surface area contributed by atoms with E-state index in [-0.39, 0.29) is 12.5 Å². The fourth-order valence-electron chi connectivity index (χ4n) is 2.67. The van der Waals surface area contributed by atoms with E-state index in [0.29, 0.717) is 23.2 Å². The van der Waals surface area contributed by atoms with Crippen LogP contribution >= 0.6 is 0 Å². The molecule has 6 nitrogen and oxygen atoms in total. The van der Waals surface area contributed by atoms with Crippen LogP contribution in [0.4, 0.5) is 0 Å². The van der Waals surface area contributed by atoms with Crippen molar-refractivity contribution in [1.82, 2.24) is 5.43 Å². The molecule has 2 aromatic carbocycles. The normalized spacial score (nSPS) is 10.9. The Balaban J connectivity index is 1.89. The highest BCUT2D eigenvalue weighted by atomic mass is 16.5. The number of carbonyl (C=O) groups is 1. The minimum atomic E-state index is -0.343. The molecular formula is C21H26N2O4. The van der Waals surface area contributed by atoms with Gasteiger partial charge in [-0.15, -0.1) is 0 Å². The van der Waals surface area contributed by atoms with E-state index in [9.17, 15) is 4.79 Å². The molecule has 0 atom stereocenters. The van der Waals surface area contributed by atoms with E-state index in [1.807, 2.05) is 25.1 Å². The second kappa shape index (κ2) is 9.62. The van der Waals surface area contributed by atoms with E-state index in [1.165, 1.54) is 11.8 Å². The van der Waals surface area contributed by atoms with Crippen molar-refractivity contribution >= 4 is 12.1 Å². The van der Waals surface area contributed by atoms with Crippen LogP contribution in [0.3, 0.4) is 0 Å². The lowest BCUT2D eigenvalue weighted by Crippen LogP contribution is -2.24. The Hall–Kier alpha value is -3.02. The number of hydrogen-bond donors (Lipinski definition) is 1. The van der Waals surface area contributed by atoms with Crippen molar-refractivity contribution in [3.8, 4) is 17.2 Å². The van der Waals surface area contributed by atoms with Gasteiger partial charge in [0.25, 0.3) is 5.91 Å². The largest absolute Gasteiger partial charge is 0.497 e. The molecule has 0 aliphatic rings. The Labute approximate surface area is 160 Å². The highest BCUT2D eigenvalue weighted by molar-refractivity contribution is 5.85.